The summed E-state index contributed by atoms with van der Waals surface area (Å²) >= 11 is 0. The predicted molar refractivity (Wildman–Crippen MR) is 55.1 cm³/mol. The van der Waals surface area contributed by atoms with Gasteiger partial charge in [-0.2, -0.15) is 0 Å². The fraction of sp³-hybridized carbons (Fsp3) is 0.182. The molecular formula is C11H13NO2. The lowest BCUT2D eigenvalue weighted by molar-refractivity contribution is -0.116. The van der Waals surface area contributed by atoms with Crippen LogP contribution in [0.1, 0.15) is 0 Å². The summed E-state index contributed by atoms with van der Waals surface area (Å²) in [5.74, 6) is 0.627. The van der Waals surface area contributed by atoms with Crippen molar-refractivity contribution < 1.29 is 9.53 Å². The van der Waals surface area contributed by atoms with Crippen molar-refractivity contribution in [2.24, 2.45) is 0 Å². The topological polar surface area (TPSA) is 38.3 Å². The fourth-order valence-electron chi connectivity index (χ4n) is 0.932. The molecule has 0 saturated heterocycles. The van der Waals surface area contributed by atoms with Crippen molar-refractivity contribution in [1.29, 1.82) is 0 Å². The van der Waals surface area contributed by atoms with Gasteiger partial charge in [0.05, 0.1) is 6.54 Å². The molecule has 1 aromatic rings. The van der Waals surface area contributed by atoms with E-state index in [-0.39, 0.29) is 5.91 Å². The molecule has 0 radical (unpaired) electrons. The first kappa shape index (κ1) is 10.3. The van der Waals surface area contributed by atoms with Gasteiger partial charge in [0.2, 0.25) is 5.91 Å². The van der Waals surface area contributed by atoms with E-state index in [0.717, 1.165) is 5.75 Å². The number of hydrogen-bond donors (Lipinski definition) is 1. The Morgan fingerprint density at radius 1 is 1.43 bits per heavy atom. The van der Waals surface area contributed by atoms with Crippen molar-refractivity contribution in [3.63, 3.8) is 0 Å². The molecule has 1 N–H and O–H groups in total. The van der Waals surface area contributed by atoms with Crippen molar-refractivity contribution in [2.45, 2.75) is 0 Å². The van der Waals surface area contributed by atoms with Gasteiger partial charge >= 0.3 is 0 Å². The molecular weight excluding hydrogens is 178 g/mol. The zero-order valence-electron chi connectivity index (χ0n) is 7.90. The van der Waals surface area contributed by atoms with Gasteiger partial charge in [-0.3, -0.25) is 4.79 Å². The van der Waals surface area contributed by atoms with Gasteiger partial charge in [-0.1, -0.05) is 24.8 Å². The molecule has 14 heavy (non-hydrogen) atoms. The molecule has 0 bridgehead atoms. The number of para-hydroxylation sites is 1. The maximum Gasteiger partial charge on any atom is 0.243 e. The number of nitrogens with one attached hydrogen (secondary N) is 1. The van der Waals surface area contributed by atoms with Crippen LogP contribution in [0.25, 0.3) is 0 Å². The van der Waals surface area contributed by atoms with Gasteiger partial charge in [-0.05, 0) is 18.2 Å². The molecule has 3 nitrogen and oxygen atoms in total. The molecule has 0 aliphatic carbocycles. The first-order valence-corrected chi connectivity index (χ1v) is 4.41. The Hall–Kier alpha value is -1.77. The van der Waals surface area contributed by atoms with Gasteiger partial charge in [0.15, 0.2) is 0 Å². The van der Waals surface area contributed by atoms with Gasteiger partial charge < -0.3 is 10.1 Å². The Kier molecular flexibility index (Phi) is 4.27. The lowest BCUT2D eigenvalue weighted by Crippen LogP contribution is -2.26. The van der Waals surface area contributed by atoms with E-state index in [1.54, 1.807) is 0 Å². The fourth-order valence-corrected chi connectivity index (χ4v) is 0.932. The molecule has 0 saturated carbocycles. The third-order valence-corrected chi connectivity index (χ3v) is 1.60. The van der Waals surface area contributed by atoms with Gasteiger partial charge in [0.1, 0.15) is 12.4 Å². The van der Waals surface area contributed by atoms with E-state index in [1.807, 2.05) is 30.3 Å². The van der Waals surface area contributed by atoms with E-state index < -0.39 is 0 Å². The predicted octanol–water partition coefficient (Wildman–Crippen LogP) is 1.37. The zero-order valence-corrected chi connectivity index (χ0v) is 7.90. The van der Waals surface area contributed by atoms with Crippen molar-refractivity contribution in [2.75, 3.05) is 13.2 Å². The Bertz CT molecular complexity index is 295. The van der Waals surface area contributed by atoms with Gasteiger partial charge in [-0.15, -0.1) is 0 Å². The lowest BCUT2D eigenvalue weighted by Gasteiger charge is -2.05. The smallest absolute Gasteiger partial charge is 0.243 e. The number of benzene rings is 1. The van der Waals surface area contributed by atoms with Crippen LogP contribution in [0.4, 0.5) is 0 Å². The molecule has 0 heterocycles. The largest absolute Gasteiger partial charge is 0.492 e. The molecule has 0 aliphatic rings. The monoisotopic (exact) mass is 191 g/mol. The van der Waals surface area contributed by atoms with Crippen LogP contribution >= 0.6 is 0 Å². The summed E-state index contributed by atoms with van der Waals surface area (Å²) in [5.41, 5.74) is 0. The average molecular weight is 191 g/mol. The molecule has 3 heteroatoms. The van der Waals surface area contributed by atoms with Crippen LogP contribution in [-0.4, -0.2) is 19.1 Å². The molecule has 0 spiro atoms. The second-order valence-electron chi connectivity index (χ2n) is 2.66. The van der Waals surface area contributed by atoms with Crippen molar-refractivity contribution in [3.05, 3.63) is 43.0 Å². The minimum Gasteiger partial charge on any atom is -0.492 e. The van der Waals surface area contributed by atoms with Crippen LogP contribution in [-0.2, 0) is 4.79 Å². The Balaban J connectivity index is 2.16. The van der Waals surface area contributed by atoms with E-state index in [2.05, 4.69) is 11.9 Å². The summed E-state index contributed by atoms with van der Waals surface area (Å²) in [4.78, 5) is 10.7. The molecule has 1 rings (SSSR count). The number of ether oxygens (including phenoxy) is 1. The first-order chi connectivity index (χ1) is 6.83. The van der Waals surface area contributed by atoms with E-state index in [4.69, 9.17) is 4.74 Å². The molecule has 1 amide bonds. The van der Waals surface area contributed by atoms with E-state index in [1.165, 1.54) is 6.08 Å². The number of rotatable bonds is 5. The summed E-state index contributed by atoms with van der Waals surface area (Å²) < 4.78 is 5.35. The maximum absolute atomic E-state index is 10.7. The highest BCUT2D eigenvalue weighted by molar-refractivity contribution is 5.86. The highest BCUT2D eigenvalue weighted by Gasteiger charge is 1.93. The Labute approximate surface area is 83.4 Å². The molecule has 0 aromatic heterocycles. The number of carbonyl (C=O) groups excluding carboxylic acids is 1. The standard InChI is InChI=1S/C11H13NO2/c1-2-11(13)12-8-9-14-10-6-4-3-5-7-10/h2-7H,1,8-9H2,(H,12,13). The molecule has 0 unspecified atom stereocenters. The summed E-state index contributed by atoms with van der Waals surface area (Å²) in [5, 5.41) is 2.62. The summed E-state index contributed by atoms with van der Waals surface area (Å²) in [6.45, 7) is 4.29. The third kappa shape index (κ3) is 3.76. The molecule has 0 aliphatic heterocycles. The van der Waals surface area contributed by atoms with Gasteiger partial charge in [0.25, 0.3) is 0 Å². The van der Waals surface area contributed by atoms with Crippen molar-refractivity contribution in [1.82, 2.24) is 5.32 Å². The Morgan fingerprint density at radius 3 is 2.79 bits per heavy atom. The summed E-state index contributed by atoms with van der Waals surface area (Å²) in [6, 6.07) is 9.46. The third-order valence-electron chi connectivity index (χ3n) is 1.60. The van der Waals surface area contributed by atoms with Crippen LogP contribution < -0.4 is 10.1 Å². The molecule has 74 valence electrons. The number of carbonyl (C=O) groups is 1. The average Bonchev–Trinajstić information content (AvgIpc) is 2.25. The van der Waals surface area contributed by atoms with Crippen LogP contribution in [0.3, 0.4) is 0 Å². The van der Waals surface area contributed by atoms with Crippen molar-refractivity contribution >= 4 is 5.91 Å². The number of hydrogen-bond acceptors (Lipinski definition) is 2. The van der Waals surface area contributed by atoms with Crippen LogP contribution in [0.15, 0.2) is 43.0 Å². The summed E-state index contributed by atoms with van der Waals surface area (Å²) in [6.07, 6.45) is 1.24. The maximum atomic E-state index is 10.7. The Morgan fingerprint density at radius 2 is 2.14 bits per heavy atom. The first-order valence-electron chi connectivity index (χ1n) is 4.41. The van der Waals surface area contributed by atoms with E-state index >= 15 is 0 Å². The minimum absolute atomic E-state index is 0.179. The summed E-state index contributed by atoms with van der Waals surface area (Å²) in [7, 11) is 0. The molecule has 0 fully saturated rings. The second-order valence-corrected chi connectivity index (χ2v) is 2.66. The van der Waals surface area contributed by atoms with Crippen LogP contribution in [0, 0.1) is 0 Å². The van der Waals surface area contributed by atoms with E-state index in [0.29, 0.717) is 13.2 Å². The number of amides is 1. The van der Waals surface area contributed by atoms with E-state index in [9.17, 15) is 4.79 Å². The highest BCUT2D eigenvalue weighted by Crippen LogP contribution is 2.07. The molecule has 0 atom stereocenters. The van der Waals surface area contributed by atoms with Crippen LogP contribution in [0.5, 0.6) is 5.75 Å². The quantitative estimate of drug-likeness (QED) is 0.564. The van der Waals surface area contributed by atoms with Gasteiger partial charge in [-0.25, -0.2) is 0 Å². The SMILES string of the molecule is C=CC(=O)NCCOc1ccccc1. The molecule has 1 aromatic carbocycles. The van der Waals surface area contributed by atoms with Crippen molar-refractivity contribution in [3.8, 4) is 5.75 Å². The highest BCUT2D eigenvalue weighted by atomic mass is 16.5. The lowest BCUT2D eigenvalue weighted by atomic mass is 10.3. The van der Waals surface area contributed by atoms with Crippen LogP contribution in [0.2, 0.25) is 0 Å². The minimum atomic E-state index is -0.179. The zero-order chi connectivity index (χ0) is 10.2. The van der Waals surface area contributed by atoms with Gasteiger partial charge in [0, 0.05) is 0 Å². The normalized spacial score (nSPS) is 9.14. The second kappa shape index (κ2) is 5.80.